The minimum absolute atomic E-state index is 0.0611. The highest BCUT2D eigenvalue weighted by Gasteiger charge is 2.03. The van der Waals surface area contributed by atoms with Gasteiger partial charge in [0.2, 0.25) is 0 Å². The molecule has 4 heteroatoms. The van der Waals surface area contributed by atoms with Crippen LogP contribution in [0.4, 0.5) is 0 Å². The fraction of sp³-hybridized carbons (Fsp3) is 0.500. The summed E-state index contributed by atoms with van der Waals surface area (Å²) in [5.74, 6) is 0.243. The number of aromatic nitrogens is 1. The van der Waals surface area contributed by atoms with E-state index in [0.717, 1.165) is 18.5 Å². The molecule has 0 aromatic carbocycles. The Labute approximate surface area is 95.6 Å². The molecule has 1 aromatic heterocycles. The van der Waals surface area contributed by atoms with E-state index in [-0.39, 0.29) is 12.6 Å². The summed E-state index contributed by atoms with van der Waals surface area (Å²) in [7, 11) is 0. The second-order valence-electron chi connectivity index (χ2n) is 3.50. The number of aryl methyl sites for hydroxylation is 1. The quantitative estimate of drug-likeness (QED) is 0.547. The summed E-state index contributed by atoms with van der Waals surface area (Å²) in [6, 6.07) is 3.61. The molecule has 0 radical (unpaired) electrons. The predicted molar refractivity (Wildman–Crippen MR) is 60.3 cm³/mol. The maximum absolute atomic E-state index is 11.2. The van der Waals surface area contributed by atoms with Crippen LogP contribution in [-0.2, 0) is 9.53 Å². The number of hydrogen-bond donors (Lipinski definition) is 0. The van der Waals surface area contributed by atoms with Gasteiger partial charge in [0.1, 0.15) is 5.75 Å². The summed E-state index contributed by atoms with van der Waals surface area (Å²) >= 11 is 0. The minimum atomic E-state index is -0.339. The smallest absolute Gasteiger partial charge is 0.344 e. The molecular formula is C12H17NO3. The van der Waals surface area contributed by atoms with Crippen LogP contribution >= 0.6 is 0 Å². The standard InChI is InChI=1S/C12H17NO3/c1-3-4-7-15-12(14)9-16-11-6-5-10(2)13-8-11/h5-6,8H,3-4,7,9H2,1-2H3. The molecule has 0 aliphatic carbocycles. The van der Waals surface area contributed by atoms with Crippen LogP contribution in [0.25, 0.3) is 0 Å². The molecule has 0 saturated carbocycles. The second kappa shape index (κ2) is 6.82. The van der Waals surface area contributed by atoms with Crippen LogP contribution in [0.2, 0.25) is 0 Å². The highest BCUT2D eigenvalue weighted by molar-refractivity contribution is 5.71. The van der Waals surface area contributed by atoms with Crippen molar-refractivity contribution >= 4 is 5.97 Å². The number of unbranched alkanes of at least 4 members (excludes halogenated alkanes) is 1. The molecule has 0 spiro atoms. The molecule has 0 atom stereocenters. The number of ether oxygens (including phenoxy) is 2. The van der Waals surface area contributed by atoms with Crippen molar-refractivity contribution in [1.82, 2.24) is 4.98 Å². The zero-order chi connectivity index (χ0) is 11.8. The van der Waals surface area contributed by atoms with Gasteiger partial charge in [0, 0.05) is 5.69 Å². The third kappa shape index (κ3) is 4.77. The monoisotopic (exact) mass is 223 g/mol. The summed E-state index contributed by atoms with van der Waals surface area (Å²) in [5, 5.41) is 0. The maximum atomic E-state index is 11.2. The van der Waals surface area contributed by atoms with Crippen LogP contribution in [0.3, 0.4) is 0 Å². The predicted octanol–water partition coefficient (Wildman–Crippen LogP) is 2.11. The number of nitrogens with zero attached hydrogens (tertiary/aromatic N) is 1. The molecule has 0 aliphatic rings. The number of carbonyl (C=O) groups is 1. The van der Waals surface area contributed by atoms with Crippen LogP contribution < -0.4 is 4.74 Å². The Kier molecular flexibility index (Phi) is 5.32. The lowest BCUT2D eigenvalue weighted by atomic mass is 10.4. The van der Waals surface area contributed by atoms with Gasteiger partial charge < -0.3 is 9.47 Å². The Hall–Kier alpha value is -1.58. The van der Waals surface area contributed by atoms with Gasteiger partial charge in [0.25, 0.3) is 0 Å². The lowest BCUT2D eigenvalue weighted by molar-refractivity contribution is -0.146. The van der Waals surface area contributed by atoms with Crippen molar-refractivity contribution in [2.45, 2.75) is 26.7 Å². The highest BCUT2D eigenvalue weighted by Crippen LogP contribution is 2.08. The van der Waals surface area contributed by atoms with Crippen molar-refractivity contribution < 1.29 is 14.3 Å². The maximum Gasteiger partial charge on any atom is 0.344 e. The van der Waals surface area contributed by atoms with Crippen molar-refractivity contribution in [3.05, 3.63) is 24.0 Å². The van der Waals surface area contributed by atoms with Gasteiger partial charge in [0.05, 0.1) is 12.8 Å². The molecule has 16 heavy (non-hydrogen) atoms. The number of rotatable bonds is 6. The van der Waals surface area contributed by atoms with Crippen molar-refractivity contribution in [2.24, 2.45) is 0 Å². The third-order valence-corrected chi connectivity index (χ3v) is 2.00. The average molecular weight is 223 g/mol. The van der Waals surface area contributed by atoms with Gasteiger partial charge in [-0.05, 0) is 25.5 Å². The van der Waals surface area contributed by atoms with Gasteiger partial charge in [-0.1, -0.05) is 13.3 Å². The molecule has 0 saturated heterocycles. The molecule has 0 bridgehead atoms. The molecule has 88 valence electrons. The number of pyridine rings is 1. The topological polar surface area (TPSA) is 48.4 Å². The van der Waals surface area contributed by atoms with E-state index in [1.807, 2.05) is 19.9 Å². The van der Waals surface area contributed by atoms with E-state index in [9.17, 15) is 4.79 Å². The van der Waals surface area contributed by atoms with Gasteiger partial charge in [-0.2, -0.15) is 0 Å². The Bertz CT molecular complexity index is 322. The molecule has 0 fully saturated rings. The molecule has 1 rings (SSSR count). The van der Waals surface area contributed by atoms with E-state index < -0.39 is 0 Å². The number of hydrogen-bond acceptors (Lipinski definition) is 4. The van der Waals surface area contributed by atoms with Gasteiger partial charge in [-0.25, -0.2) is 4.79 Å². The van der Waals surface area contributed by atoms with E-state index in [1.54, 1.807) is 12.3 Å². The van der Waals surface area contributed by atoms with E-state index >= 15 is 0 Å². The zero-order valence-corrected chi connectivity index (χ0v) is 9.73. The van der Waals surface area contributed by atoms with E-state index in [2.05, 4.69) is 4.98 Å². The zero-order valence-electron chi connectivity index (χ0n) is 9.73. The normalized spacial score (nSPS) is 9.88. The van der Waals surface area contributed by atoms with E-state index in [1.165, 1.54) is 0 Å². The van der Waals surface area contributed by atoms with Gasteiger partial charge >= 0.3 is 5.97 Å². The summed E-state index contributed by atoms with van der Waals surface area (Å²) < 4.78 is 10.2. The van der Waals surface area contributed by atoms with E-state index in [4.69, 9.17) is 9.47 Å². The van der Waals surface area contributed by atoms with Crippen LogP contribution in [0.15, 0.2) is 18.3 Å². The summed E-state index contributed by atoms with van der Waals surface area (Å²) in [6.07, 6.45) is 3.49. The molecule has 0 N–H and O–H groups in total. The molecule has 1 heterocycles. The Morgan fingerprint density at radius 3 is 2.88 bits per heavy atom. The average Bonchev–Trinajstić information content (AvgIpc) is 2.29. The first-order valence-electron chi connectivity index (χ1n) is 5.43. The van der Waals surface area contributed by atoms with Gasteiger partial charge in [0.15, 0.2) is 6.61 Å². The fourth-order valence-corrected chi connectivity index (χ4v) is 1.05. The van der Waals surface area contributed by atoms with E-state index in [0.29, 0.717) is 12.4 Å². The SMILES string of the molecule is CCCCOC(=O)COc1ccc(C)nc1. The van der Waals surface area contributed by atoms with Crippen molar-refractivity contribution in [3.8, 4) is 5.75 Å². The third-order valence-electron chi connectivity index (χ3n) is 2.00. The highest BCUT2D eigenvalue weighted by atomic mass is 16.6. The summed E-state index contributed by atoms with van der Waals surface area (Å²) in [6.45, 7) is 4.34. The molecule has 0 aliphatic heterocycles. The first-order chi connectivity index (χ1) is 7.72. The summed E-state index contributed by atoms with van der Waals surface area (Å²) in [5.41, 5.74) is 0.915. The largest absolute Gasteiger partial charge is 0.480 e. The number of carbonyl (C=O) groups excluding carboxylic acids is 1. The summed E-state index contributed by atoms with van der Waals surface area (Å²) in [4.78, 5) is 15.2. The molecule has 1 aromatic rings. The molecule has 0 unspecified atom stereocenters. The van der Waals surface area contributed by atoms with Crippen molar-refractivity contribution in [2.75, 3.05) is 13.2 Å². The van der Waals surface area contributed by atoms with Gasteiger partial charge in [-0.15, -0.1) is 0 Å². The molecule has 4 nitrogen and oxygen atoms in total. The van der Waals surface area contributed by atoms with Gasteiger partial charge in [-0.3, -0.25) is 4.98 Å². The minimum Gasteiger partial charge on any atom is -0.480 e. The lowest BCUT2D eigenvalue weighted by Gasteiger charge is -2.06. The Balaban J connectivity index is 2.23. The Morgan fingerprint density at radius 2 is 2.25 bits per heavy atom. The van der Waals surface area contributed by atoms with Crippen LogP contribution in [0.5, 0.6) is 5.75 Å². The van der Waals surface area contributed by atoms with Crippen LogP contribution in [-0.4, -0.2) is 24.2 Å². The Morgan fingerprint density at radius 1 is 1.44 bits per heavy atom. The number of esters is 1. The lowest BCUT2D eigenvalue weighted by Crippen LogP contribution is -2.15. The molecule has 0 amide bonds. The van der Waals surface area contributed by atoms with Crippen LogP contribution in [0.1, 0.15) is 25.5 Å². The first-order valence-corrected chi connectivity index (χ1v) is 5.43. The molecular weight excluding hydrogens is 206 g/mol. The van der Waals surface area contributed by atoms with Crippen molar-refractivity contribution in [3.63, 3.8) is 0 Å². The first kappa shape index (κ1) is 12.5. The van der Waals surface area contributed by atoms with Crippen LogP contribution in [0, 0.1) is 6.92 Å². The fourth-order valence-electron chi connectivity index (χ4n) is 1.05. The second-order valence-corrected chi connectivity index (χ2v) is 3.50. The van der Waals surface area contributed by atoms with Crippen molar-refractivity contribution in [1.29, 1.82) is 0 Å².